The molecule has 3 N–H and O–H groups in total. The largest absolute Gasteiger partial charge is 0.354 e. The molecule has 1 rings (SSSR count). The van der Waals surface area contributed by atoms with Gasteiger partial charge in [-0.15, -0.1) is 0 Å². The lowest BCUT2D eigenvalue weighted by Gasteiger charge is -2.09. The Balaban J connectivity index is 2.34. The van der Waals surface area contributed by atoms with Gasteiger partial charge in [0.1, 0.15) is 0 Å². The zero-order chi connectivity index (χ0) is 16.4. The minimum absolute atomic E-state index is 0.00422. The number of carbonyl (C=O) groups is 2. The highest BCUT2D eigenvalue weighted by atomic mass is 16.2. The second-order valence-electron chi connectivity index (χ2n) is 5.60. The third-order valence-corrected chi connectivity index (χ3v) is 3.05. The van der Waals surface area contributed by atoms with Crippen LogP contribution in [0.2, 0.25) is 0 Å². The molecule has 5 heteroatoms. The molecule has 0 aliphatic carbocycles. The molecule has 0 fully saturated rings. The van der Waals surface area contributed by atoms with Gasteiger partial charge >= 0.3 is 0 Å². The van der Waals surface area contributed by atoms with Crippen LogP contribution in [0, 0.1) is 0 Å². The molecule has 1 aromatic carbocycles. The topological polar surface area (TPSA) is 70.2 Å². The minimum Gasteiger partial charge on any atom is -0.354 e. The van der Waals surface area contributed by atoms with Gasteiger partial charge in [-0.2, -0.15) is 0 Å². The van der Waals surface area contributed by atoms with Crippen molar-refractivity contribution in [2.24, 2.45) is 0 Å². The van der Waals surface area contributed by atoms with E-state index in [-0.39, 0.29) is 17.9 Å². The molecule has 0 bridgehead atoms. The molecule has 0 unspecified atom stereocenters. The van der Waals surface area contributed by atoms with Gasteiger partial charge in [0.15, 0.2) is 0 Å². The minimum atomic E-state index is -0.0575. The number of nitrogens with one attached hydrogen (secondary N) is 3. The first-order valence-electron chi connectivity index (χ1n) is 7.90. The van der Waals surface area contributed by atoms with Crippen molar-refractivity contribution in [2.45, 2.75) is 52.6 Å². The Morgan fingerprint density at radius 3 is 2.55 bits per heavy atom. The van der Waals surface area contributed by atoms with Gasteiger partial charge in [-0.3, -0.25) is 9.59 Å². The predicted octanol–water partition coefficient (Wildman–Crippen LogP) is 2.43. The highest BCUT2D eigenvalue weighted by Crippen LogP contribution is 2.11. The Bertz CT molecular complexity index is 487. The summed E-state index contributed by atoms with van der Waals surface area (Å²) in [5.74, 6) is -0.0617. The van der Waals surface area contributed by atoms with E-state index in [1.807, 2.05) is 38.1 Å². The normalized spacial score (nSPS) is 10.5. The molecule has 0 spiro atoms. The number of benzene rings is 1. The zero-order valence-corrected chi connectivity index (χ0v) is 13.7. The summed E-state index contributed by atoms with van der Waals surface area (Å²) in [5, 5.41) is 8.94. The van der Waals surface area contributed by atoms with Crippen molar-refractivity contribution in [2.75, 3.05) is 11.9 Å². The Morgan fingerprint density at radius 1 is 1.14 bits per heavy atom. The summed E-state index contributed by atoms with van der Waals surface area (Å²) in [4.78, 5) is 23.4. The molecular formula is C17H27N3O2. The molecule has 0 aliphatic rings. The van der Waals surface area contributed by atoms with Crippen molar-refractivity contribution in [1.82, 2.24) is 10.6 Å². The SMILES string of the molecule is CCNCc1cccc(NC(=O)CCCC(=O)NC(C)C)c1. The van der Waals surface area contributed by atoms with Gasteiger partial charge in [-0.25, -0.2) is 0 Å². The molecule has 0 aliphatic heterocycles. The summed E-state index contributed by atoms with van der Waals surface area (Å²) in [6.07, 6.45) is 1.29. The van der Waals surface area contributed by atoms with Crippen LogP contribution in [0.5, 0.6) is 0 Å². The first-order chi connectivity index (χ1) is 10.5. The van der Waals surface area contributed by atoms with Crippen LogP contribution in [0.1, 0.15) is 45.6 Å². The summed E-state index contributed by atoms with van der Waals surface area (Å²) < 4.78 is 0. The number of hydrogen-bond acceptors (Lipinski definition) is 3. The predicted molar refractivity (Wildman–Crippen MR) is 89.6 cm³/mol. The Morgan fingerprint density at radius 2 is 1.86 bits per heavy atom. The van der Waals surface area contributed by atoms with Crippen LogP contribution in [0.3, 0.4) is 0 Å². The lowest BCUT2D eigenvalue weighted by atomic mass is 10.2. The highest BCUT2D eigenvalue weighted by molar-refractivity contribution is 5.91. The van der Waals surface area contributed by atoms with Gasteiger partial charge in [0, 0.05) is 31.1 Å². The maximum Gasteiger partial charge on any atom is 0.224 e. The van der Waals surface area contributed by atoms with E-state index in [0.717, 1.165) is 24.3 Å². The van der Waals surface area contributed by atoms with E-state index < -0.39 is 0 Å². The number of rotatable bonds is 9. The Labute approximate surface area is 132 Å². The van der Waals surface area contributed by atoms with Crippen LogP contribution >= 0.6 is 0 Å². The molecule has 0 saturated carbocycles. The van der Waals surface area contributed by atoms with Crippen LogP contribution in [0.25, 0.3) is 0 Å². The summed E-state index contributed by atoms with van der Waals surface area (Å²) in [5.41, 5.74) is 1.93. The smallest absolute Gasteiger partial charge is 0.224 e. The fraction of sp³-hybridized carbons (Fsp3) is 0.529. The van der Waals surface area contributed by atoms with Crippen molar-refractivity contribution in [3.05, 3.63) is 29.8 Å². The van der Waals surface area contributed by atoms with Crippen LogP contribution in [0.15, 0.2) is 24.3 Å². The lowest BCUT2D eigenvalue weighted by molar-refractivity contribution is -0.121. The molecule has 1 aromatic rings. The van der Waals surface area contributed by atoms with Crippen LogP contribution in [-0.4, -0.2) is 24.4 Å². The monoisotopic (exact) mass is 305 g/mol. The quantitative estimate of drug-likeness (QED) is 0.656. The second kappa shape index (κ2) is 9.95. The van der Waals surface area contributed by atoms with E-state index in [2.05, 4.69) is 22.9 Å². The van der Waals surface area contributed by atoms with Gasteiger partial charge in [0.25, 0.3) is 0 Å². The van der Waals surface area contributed by atoms with Gasteiger partial charge in [-0.05, 0) is 44.5 Å². The molecule has 0 saturated heterocycles. The number of hydrogen-bond donors (Lipinski definition) is 3. The average molecular weight is 305 g/mol. The first-order valence-corrected chi connectivity index (χ1v) is 7.90. The van der Waals surface area contributed by atoms with Crippen molar-refractivity contribution >= 4 is 17.5 Å². The lowest BCUT2D eigenvalue weighted by Crippen LogP contribution is -2.30. The number of anilines is 1. The van der Waals surface area contributed by atoms with Gasteiger partial charge < -0.3 is 16.0 Å². The molecule has 0 aromatic heterocycles. The molecule has 0 heterocycles. The van der Waals surface area contributed by atoms with Crippen molar-refractivity contribution in [1.29, 1.82) is 0 Å². The van der Waals surface area contributed by atoms with Crippen LogP contribution < -0.4 is 16.0 Å². The molecule has 5 nitrogen and oxygen atoms in total. The molecule has 0 radical (unpaired) electrons. The highest BCUT2D eigenvalue weighted by Gasteiger charge is 2.07. The maximum absolute atomic E-state index is 11.9. The van der Waals surface area contributed by atoms with E-state index >= 15 is 0 Å². The maximum atomic E-state index is 11.9. The molecule has 0 atom stereocenters. The summed E-state index contributed by atoms with van der Waals surface area (Å²) in [7, 11) is 0. The van der Waals surface area contributed by atoms with E-state index in [0.29, 0.717) is 19.3 Å². The van der Waals surface area contributed by atoms with Gasteiger partial charge in [0.05, 0.1) is 0 Å². The van der Waals surface area contributed by atoms with Gasteiger partial charge in [-0.1, -0.05) is 19.1 Å². The fourth-order valence-electron chi connectivity index (χ4n) is 2.06. The molecule has 122 valence electrons. The summed E-state index contributed by atoms with van der Waals surface area (Å²) >= 11 is 0. The van der Waals surface area contributed by atoms with Gasteiger partial charge in [0.2, 0.25) is 11.8 Å². The van der Waals surface area contributed by atoms with Crippen molar-refractivity contribution in [3.8, 4) is 0 Å². The van der Waals surface area contributed by atoms with Crippen molar-refractivity contribution < 1.29 is 9.59 Å². The third kappa shape index (κ3) is 7.78. The first kappa shape index (κ1) is 18.2. The van der Waals surface area contributed by atoms with E-state index in [9.17, 15) is 9.59 Å². The molecule has 22 heavy (non-hydrogen) atoms. The van der Waals surface area contributed by atoms with E-state index in [4.69, 9.17) is 0 Å². The molecular weight excluding hydrogens is 278 g/mol. The van der Waals surface area contributed by atoms with Crippen LogP contribution in [0.4, 0.5) is 5.69 Å². The Hall–Kier alpha value is -1.88. The average Bonchev–Trinajstić information content (AvgIpc) is 2.44. The van der Waals surface area contributed by atoms with E-state index in [1.165, 1.54) is 0 Å². The van der Waals surface area contributed by atoms with Crippen LogP contribution in [-0.2, 0) is 16.1 Å². The summed E-state index contributed by atoms with van der Waals surface area (Å²) in [6.45, 7) is 7.60. The third-order valence-electron chi connectivity index (χ3n) is 3.05. The van der Waals surface area contributed by atoms with E-state index in [1.54, 1.807) is 0 Å². The fourth-order valence-corrected chi connectivity index (χ4v) is 2.06. The number of amides is 2. The zero-order valence-electron chi connectivity index (χ0n) is 13.7. The second-order valence-corrected chi connectivity index (χ2v) is 5.60. The summed E-state index contributed by atoms with van der Waals surface area (Å²) in [6, 6.07) is 7.93. The molecule has 2 amide bonds. The standard InChI is InChI=1S/C17H27N3O2/c1-4-18-12-14-7-5-8-15(11-14)20-17(22)10-6-9-16(21)19-13(2)3/h5,7-8,11,13,18H,4,6,9-10,12H2,1-3H3,(H,19,21)(H,20,22). The number of carbonyl (C=O) groups excluding carboxylic acids is 2. The van der Waals surface area contributed by atoms with Crippen molar-refractivity contribution in [3.63, 3.8) is 0 Å². The Kier molecular flexibility index (Phi) is 8.22.